The summed E-state index contributed by atoms with van der Waals surface area (Å²) in [4.78, 5) is 0. The van der Waals surface area contributed by atoms with Crippen molar-refractivity contribution in [3.05, 3.63) is 52.3 Å². The highest BCUT2D eigenvalue weighted by atomic mass is 15.2. The molecule has 1 atom stereocenters. The molecule has 1 aromatic carbocycles. The Morgan fingerprint density at radius 1 is 1.16 bits per heavy atom. The van der Waals surface area contributed by atoms with Crippen LogP contribution in [0, 0.1) is 20.8 Å². The van der Waals surface area contributed by atoms with Crippen molar-refractivity contribution in [2.24, 2.45) is 7.05 Å². The third-order valence-electron chi connectivity index (χ3n) is 3.72. The van der Waals surface area contributed by atoms with Crippen LogP contribution in [-0.2, 0) is 13.6 Å². The molecule has 1 heterocycles. The lowest BCUT2D eigenvalue weighted by molar-refractivity contribution is 0.571. The monoisotopic (exact) mass is 257 g/mol. The number of rotatable bonds is 4. The summed E-state index contributed by atoms with van der Waals surface area (Å²) < 4.78 is 1.84. The lowest BCUT2D eigenvalue weighted by atomic mass is 9.96. The van der Waals surface area contributed by atoms with Gasteiger partial charge < -0.3 is 5.32 Å². The summed E-state index contributed by atoms with van der Waals surface area (Å²) >= 11 is 0. The Kier molecular flexibility index (Phi) is 4.05. The number of aromatic nitrogens is 2. The number of hydrogen-bond donors (Lipinski definition) is 1. The van der Waals surface area contributed by atoms with Gasteiger partial charge in [-0.15, -0.1) is 0 Å². The Morgan fingerprint density at radius 3 is 2.47 bits per heavy atom. The fourth-order valence-corrected chi connectivity index (χ4v) is 2.39. The van der Waals surface area contributed by atoms with Crippen molar-refractivity contribution in [1.29, 1.82) is 0 Å². The third kappa shape index (κ3) is 3.24. The summed E-state index contributed by atoms with van der Waals surface area (Å²) in [6, 6.07) is 4.91. The van der Waals surface area contributed by atoms with Crippen molar-refractivity contribution in [3.8, 4) is 0 Å². The quantitative estimate of drug-likeness (QED) is 0.911. The van der Waals surface area contributed by atoms with Crippen LogP contribution in [0.2, 0.25) is 0 Å². The van der Waals surface area contributed by atoms with E-state index < -0.39 is 0 Å². The van der Waals surface area contributed by atoms with Crippen LogP contribution in [0.5, 0.6) is 0 Å². The van der Waals surface area contributed by atoms with E-state index in [2.05, 4.69) is 50.2 Å². The predicted molar refractivity (Wildman–Crippen MR) is 79.1 cm³/mol. The molecule has 3 nitrogen and oxygen atoms in total. The van der Waals surface area contributed by atoms with Gasteiger partial charge >= 0.3 is 0 Å². The van der Waals surface area contributed by atoms with E-state index in [4.69, 9.17) is 0 Å². The predicted octanol–water partition coefficient (Wildman–Crippen LogP) is 3.20. The number of nitrogens with one attached hydrogen (secondary N) is 1. The fraction of sp³-hybridized carbons (Fsp3) is 0.438. The number of hydrogen-bond acceptors (Lipinski definition) is 2. The van der Waals surface area contributed by atoms with Crippen molar-refractivity contribution >= 4 is 0 Å². The minimum absolute atomic E-state index is 0.347. The smallest absolute Gasteiger partial charge is 0.0534 e. The van der Waals surface area contributed by atoms with Crippen LogP contribution in [0.1, 0.15) is 40.8 Å². The first-order chi connectivity index (χ1) is 8.97. The van der Waals surface area contributed by atoms with E-state index >= 15 is 0 Å². The Balaban J connectivity index is 2.07. The molecule has 0 radical (unpaired) electrons. The molecule has 0 spiro atoms. The maximum Gasteiger partial charge on any atom is 0.0534 e. The van der Waals surface area contributed by atoms with Gasteiger partial charge in [0, 0.05) is 31.4 Å². The fourth-order valence-electron chi connectivity index (χ4n) is 2.39. The summed E-state index contributed by atoms with van der Waals surface area (Å²) in [6.45, 7) is 9.59. The van der Waals surface area contributed by atoms with Crippen LogP contribution in [-0.4, -0.2) is 9.78 Å². The van der Waals surface area contributed by atoms with E-state index in [1.165, 1.54) is 27.8 Å². The molecule has 2 rings (SSSR count). The van der Waals surface area contributed by atoms with E-state index in [1.807, 2.05) is 24.1 Å². The molecule has 0 saturated carbocycles. The first-order valence-corrected chi connectivity index (χ1v) is 6.76. The van der Waals surface area contributed by atoms with Gasteiger partial charge in [-0.2, -0.15) is 5.10 Å². The Morgan fingerprint density at radius 2 is 1.84 bits per heavy atom. The molecule has 2 aromatic rings. The standard InChI is InChI=1S/C16H23N3/c1-11-6-13(3)16(7-12(11)2)14(4)17-8-15-9-18-19(5)10-15/h6-7,9-10,14,17H,8H2,1-5H3. The largest absolute Gasteiger partial charge is 0.306 e. The van der Waals surface area contributed by atoms with Gasteiger partial charge in [-0.05, 0) is 49.9 Å². The molecule has 3 heteroatoms. The third-order valence-corrected chi connectivity index (χ3v) is 3.72. The molecule has 1 aromatic heterocycles. The molecule has 0 amide bonds. The average Bonchev–Trinajstić information content (AvgIpc) is 2.77. The topological polar surface area (TPSA) is 29.9 Å². The maximum atomic E-state index is 4.19. The second kappa shape index (κ2) is 5.57. The van der Waals surface area contributed by atoms with Crippen LogP contribution in [0.4, 0.5) is 0 Å². The van der Waals surface area contributed by atoms with Gasteiger partial charge in [-0.3, -0.25) is 4.68 Å². The number of nitrogens with zero attached hydrogens (tertiary/aromatic N) is 2. The highest BCUT2D eigenvalue weighted by molar-refractivity contribution is 5.38. The molecule has 19 heavy (non-hydrogen) atoms. The molecular weight excluding hydrogens is 234 g/mol. The molecule has 0 bridgehead atoms. The van der Waals surface area contributed by atoms with Crippen molar-refractivity contribution < 1.29 is 0 Å². The average molecular weight is 257 g/mol. The van der Waals surface area contributed by atoms with Gasteiger partial charge in [0.1, 0.15) is 0 Å². The molecule has 1 unspecified atom stereocenters. The number of benzene rings is 1. The second-order valence-corrected chi connectivity index (χ2v) is 5.42. The van der Waals surface area contributed by atoms with Crippen molar-refractivity contribution in [1.82, 2.24) is 15.1 Å². The van der Waals surface area contributed by atoms with E-state index in [1.54, 1.807) is 0 Å². The van der Waals surface area contributed by atoms with E-state index in [-0.39, 0.29) is 0 Å². The highest BCUT2D eigenvalue weighted by Gasteiger charge is 2.10. The summed E-state index contributed by atoms with van der Waals surface area (Å²) in [7, 11) is 1.94. The molecule has 0 saturated heterocycles. The van der Waals surface area contributed by atoms with Crippen LogP contribution in [0.15, 0.2) is 24.5 Å². The summed E-state index contributed by atoms with van der Waals surface area (Å²) in [5.74, 6) is 0. The minimum atomic E-state index is 0.347. The van der Waals surface area contributed by atoms with Crippen LogP contribution >= 0.6 is 0 Å². The molecule has 0 aliphatic rings. The Labute approximate surface area is 115 Å². The van der Waals surface area contributed by atoms with E-state index in [0.717, 1.165) is 6.54 Å². The van der Waals surface area contributed by atoms with Crippen LogP contribution in [0.3, 0.4) is 0 Å². The molecule has 1 N–H and O–H groups in total. The van der Waals surface area contributed by atoms with Gasteiger partial charge in [-0.1, -0.05) is 12.1 Å². The first-order valence-electron chi connectivity index (χ1n) is 6.76. The van der Waals surface area contributed by atoms with E-state index in [0.29, 0.717) is 6.04 Å². The molecular formula is C16H23N3. The summed E-state index contributed by atoms with van der Waals surface area (Å²) in [5, 5.41) is 7.75. The first kappa shape index (κ1) is 13.8. The molecule has 0 aliphatic heterocycles. The van der Waals surface area contributed by atoms with Crippen molar-refractivity contribution in [2.45, 2.75) is 40.3 Å². The van der Waals surface area contributed by atoms with E-state index in [9.17, 15) is 0 Å². The normalized spacial score (nSPS) is 12.7. The zero-order chi connectivity index (χ0) is 14.0. The lowest BCUT2D eigenvalue weighted by Gasteiger charge is -2.18. The maximum absolute atomic E-state index is 4.19. The van der Waals surface area contributed by atoms with Crippen molar-refractivity contribution in [2.75, 3.05) is 0 Å². The highest BCUT2D eigenvalue weighted by Crippen LogP contribution is 2.21. The van der Waals surface area contributed by atoms with Crippen LogP contribution in [0.25, 0.3) is 0 Å². The van der Waals surface area contributed by atoms with Gasteiger partial charge in [0.15, 0.2) is 0 Å². The second-order valence-electron chi connectivity index (χ2n) is 5.42. The van der Waals surface area contributed by atoms with Gasteiger partial charge in [0.25, 0.3) is 0 Å². The summed E-state index contributed by atoms with van der Waals surface area (Å²) in [6.07, 6.45) is 3.96. The minimum Gasteiger partial charge on any atom is -0.306 e. The molecule has 102 valence electrons. The van der Waals surface area contributed by atoms with Gasteiger partial charge in [-0.25, -0.2) is 0 Å². The zero-order valence-corrected chi connectivity index (χ0v) is 12.5. The van der Waals surface area contributed by atoms with Gasteiger partial charge in [0.2, 0.25) is 0 Å². The lowest BCUT2D eigenvalue weighted by Crippen LogP contribution is -2.19. The van der Waals surface area contributed by atoms with Crippen LogP contribution < -0.4 is 5.32 Å². The molecule has 0 fully saturated rings. The Hall–Kier alpha value is -1.61. The zero-order valence-electron chi connectivity index (χ0n) is 12.5. The summed E-state index contributed by atoms with van der Waals surface area (Å²) in [5.41, 5.74) is 6.67. The molecule has 0 aliphatic carbocycles. The van der Waals surface area contributed by atoms with Crippen molar-refractivity contribution in [3.63, 3.8) is 0 Å². The Bertz CT molecular complexity index is 569. The van der Waals surface area contributed by atoms with Gasteiger partial charge in [0.05, 0.1) is 6.20 Å². The SMILES string of the molecule is Cc1cc(C)c(C(C)NCc2cnn(C)c2)cc1C. The number of aryl methyl sites for hydroxylation is 4.